The van der Waals surface area contributed by atoms with Gasteiger partial charge in [0.05, 0.1) is 17.4 Å². The molecule has 0 spiro atoms. The van der Waals surface area contributed by atoms with E-state index in [2.05, 4.69) is 16.9 Å². The van der Waals surface area contributed by atoms with Crippen molar-refractivity contribution in [1.82, 2.24) is 4.98 Å². The molecule has 0 bridgehead atoms. The van der Waals surface area contributed by atoms with Gasteiger partial charge < -0.3 is 14.5 Å². The second-order valence-electron chi connectivity index (χ2n) is 6.81. The number of anilines is 1. The van der Waals surface area contributed by atoms with E-state index in [1.54, 1.807) is 37.4 Å². The number of aryl methyl sites for hydroxylation is 2. The summed E-state index contributed by atoms with van der Waals surface area (Å²) in [6, 6.07) is 8.88. The highest BCUT2D eigenvalue weighted by atomic mass is 16.5. The Balaban J connectivity index is 1.99. The smallest absolute Gasteiger partial charge is 0.340 e. The second-order valence-corrected chi connectivity index (χ2v) is 6.81. The second kappa shape index (κ2) is 8.08. The predicted octanol–water partition coefficient (Wildman–Crippen LogP) is 3.94. The number of amides is 1. The van der Waals surface area contributed by atoms with E-state index in [0.29, 0.717) is 40.3 Å². The molecule has 0 aliphatic rings. The molecule has 3 rings (SSSR count). The number of pyridine rings is 1. The van der Waals surface area contributed by atoms with Crippen molar-refractivity contribution < 1.29 is 13.9 Å². The molecule has 1 amide bonds. The molecule has 0 aliphatic heterocycles. The van der Waals surface area contributed by atoms with Crippen molar-refractivity contribution in [3.63, 3.8) is 0 Å². The van der Waals surface area contributed by atoms with E-state index in [0.717, 1.165) is 11.1 Å². The fourth-order valence-corrected chi connectivity index (χ4v) is 2.94. The molecule has 3 aromatic rings. The molecule has 0 unspecified atom stereocenters. The van der Waals surface area contributed by atoms with Gasteiger partial charge in [-0.25, -0.2) is 9.78 Å². The van der Waals surface area contributed by atoms with Gasteiger partial charge in [-0.3, -0.25) is 4.79 Å². The summed E-state index contributed by atoms with van der Waals surface area (Å²) >= 11 is 0. The number of fused-ring (bicyclic) bond motifs is 1. The number of nitrogens with one attached hydrogen (secondary N) is 1. The van der Waals surface area contributed by atoms with Gasteiger partial charge in [0.15, 0.2) is 0 Å². The van der Waals surface area contributed by atoms with Crippen LogP contribution >= 0.6 is 0 Å². The Morgan fingerprint density at radius 1 is 1.29 bits per heavy atom. The average Bonchev–Trinajstić information content (AvgIpc) is 2.63. The molecule has 0 aliphatic carbocycles. The maximum absolute atomic E-state index is 12.5. The van der Waals surface area contributed by atoms with E-state index >= 15 is 0 Å². The zero-order chi connectivity index (χ0) is 20.3. The van der Waals surface area contributed by atoms with Crippen LogP contribution in [-0.2, 0) is 11.2 Å². The van der Waals surface area contributed by atoms with Crippen molar-refractivity contribution in [3.8, 4) is 5.75 Å². The Hall–Kier alpha value is -3.41. The predicted molar refractivity (Wildman–Crippen MR) is 109 cm³/mol. The van der Waals surface area contributed by atoms with Crippen molar-refractivity contribution in [2.45, 2.75) is 27.2 Å². The normalized spacial score (nSPS) is 10.7. The number of rotatable bonds is 6. The number of carbonyl (C=O) groups excluding carboxylic acids is 1. The van der Waals surface area contributed by atoms with Gasteiger partial charge in [-0.2, -0.15) is 0 Å². The summed E-state index contributed by atoms with van der Waals surface area (Å²) in [6.07, 6.45) is 1.47. The van der Waals surface area contributed by atoms with Crippen LogP contribution in [0, 0.1) is 13.8 Å². The Morgan fingerprint density at radius 2 is 2.07 bits per heavy atom. The molecule has 0 fully saturated rings. The average molecular weight is 378 g/mol. The van der Waals surface area contributed by atoms with Crippen molar-refractivity contribution in [2.24, 2.45) is 0 Å². The largest absolute Gasteiger partial charge is 0.488 e. The van der Waals surface area contributed by atoms with Gasteiger partial charge in [-0.1, -0.05) is 12.6 Å². The van der Waals surface area contributed by atoms with Crippen LogP contribution in [0.2, 0.25) is 0 Å². The van der Waals surface area contributed by atoms with E-state index in [1.165, 1.54) is 0 Å². The van der Waals surface area contributed by atoms with Crippen LogP contribution in [0.25, 0.3) is 11.0 Å². The fourth-order valence-electron chi connectivity index (χ4n) is 2.94. The molecule has 1 N–H and O–H groups in total. The van der Waals surface area contributed by atoms with Crippen LogP contribution in [0.4, 0.5) is 5.82 Å². The van der Waals surface area contributed by atoms with Crippen molar-refractivity contribution >= 4 is 22.7 Å². The highest BCUT2D eigenvalue weighted by Gasteiger charge is 2.18. The van der Waals surface area contributed by atoms with Gasteiger partial charge in [0.1, 0.15) is 23.8 Å². The molecule has 0 saturated heterocycles. The quantitative estimate of drug-likeness (QED) is 0.519. The van der Waals surface area contributed by atoms with Crippen LogP contribution in [0.1, 0.15) is 23.6 Å². The topological polar surface area (TPSA) is 81.4 Å². The minimum absolute atomic E-state index is 0.117. The standard InChI is InChI=1S/C22H22N2O4/c1-13(2)12-27-17-9-14(3)10-18-21(17)15(4)16(22(26)28-18)11-20(25)24-19-7-5-6-8-23-19/h5-10H,1,11-12H2,2-4H3,(H,23,24,25). The maximum Gasteiger partial charge on any atom is 0.340 e. The first-order chi connectivity index (χ1) is 13.3. The lowest BCUT2D eigenvalue weighted by molar-refractivity contribution is -0.115. The number of ether oxygens (including phenoxy) is 1. The van der Waals surface area contributed by atoms with Gasteiger partial charge in [0.2, 0.25) is 5.91 Å². The SMILES string of the molecule is C=C(C)COc1cc(C)cc2oc(=O)c(CC(=O)Nc3ccccn3)c(C)c12. The molecular formula is C22H22N2O4. The number of nitrogens with zero attached hydrogens (tertiary/aromatic N) is 1. The summed E-state index contributed by atoms with van der Waals surface area (Å²) < 4.78 is 11.4. The van der Waals surface area contributed by atoms with Crippen LogP contribution in [-0.4, -0.2) is 17.5 Å². The highest BCUT2D eigenvalue weighted by Crippen LogP contribution is 2.31. The molecular weight excluding hydrogens is 356 g/mol. The number of hydrogen-bond acceptors (Lipinski definition) is 5. The fraction of sp³-hybridized carbons (Fsp3) is 0.227. The third kappa shape index (κ3) is 4.28. The number of aromatic nitrogens is 1. The van der Waals surface area contributed by atoms with E-state index in [1.807, 2.05) is 19.9 Å². The Bertz CT molecular complexity index is 1100. The van der Waals surface area contributed by atoms with Gasteiger partial charge in [-0.05, 0) is 61.7 Å². The molecule has 1 aromatic carbocycles. The van der Waals surface area contributed by atoms with E-state index in [-0.39, 0.29) is 12.3 Å². The molecule has 2 aromatic heterocycles. The lowest BCUT2D eigenvalue weighted by Crippen LogP contribution is -2.21. The minimum Gasteiger partial charge on any atom is -0.488 e. The molecule has 0 saturated carbocycles. The molecule has 6 nitrogen and oxygen atoms in total. The first-order valence-electron chi connectivity index (χ1n) is 8.90. The molecule has 6 heteroatoms. The first kappa shape index (κ1) is 19.4. The van der Waals surface area contributed by atoms with Crippen LogP contribution in [0.5, 0.6) is 5.75 Å². The van der Waals surface area contributed by atoms with Crippen molar-refractivity contribution in [2.75, 3.05) is 11.9 Å². The Labute approximate surface area is 162 Å². The molecule has 28 heavy (non-hydrogen) atoms. The maximum atomic E-state index is 12.5. The van der Waals surface area contributed by atoms with E-state index in [9.17, 15) is 9.59 Å². The minimum atomic E-state index is -0.530. The lowest BCUT2D eigenvalue weighted by Gasteiger charge is -2.14. The highest BCUT2D eigenvalue weighted by molar-refractivity contribution is 5.93. The van der Waals surface area contributed by atoms with Gasteiger partial charge >= 0.3 is 5.63 Å². The molecule has 0 atom stereocenters. The van der Waals surface area contributed by atoms with Gasteiger partial charge in [-0.15, -0.1) is 0 Å². The van der Waals surface area contributed by atoms with Gasteiger partial charge in [0.25, 0.3) is 0 Å². The number of benzene rings is 1. The Morgan fingerprint density at radius 3 is 2.75 bits per heavy atom. The summed E-state index contributed by atoms with van der Waals surface area (Å²) in [7, 11) is 0. The van der Waals surface area contributed by atoms with E-state index in [4.69, 9.17) is 9.15 Å². The summed E-state index contributed by atoms with van der Waals surface area (Å²) in [5.74, 6) is 0.687. The third-order valence-corrected chi connectivity index (χ3v) is 4.23. The molecule has 144 valence electrons. The first-order valence-corrected chi connectivity index (χ1v) is 8.90. The van der Waals surface area contributed by atoms with E-state index < -0.39 is 5.63 Å². The number of carbonyl (C=O) groups is 1. The van der Waals surface area contributed by atoms with Crippen molar-refractivity contribution in [1.29, 1.82) is 0 Å². The molecule has 0 radical (unpaired) electrons. The summed E-state index contributed by atoms with van der Waals surface area (Å²) in [5.41, 5.74) is 2.65. The zero-order valence-electron chi connectivity index (χ0n) is 16.2. The Kier molecular flexibility index (Phi) is 5.59. The van der Waals surface area contributed by atoms with Crippen LogP contribution < -0.4 is 15.7 Å². The van der Waals surface area contributed by atoms with Crippen LogP contribution in [0.15, 0.2) is 57.9 Å². The monoisotopic (exact) mass is 378 g/mol. The zero-order valence-corrected chi connectivity index (χ0v) is 16.2. The van der Waals surface area contributed by atoms with Crippen LogP contribution in [0.3, 0.4) is 0 Å². The summed E-state index contributed by atoms with van der Waals surface area (Å²) in [6.45, 7) is 9.77. The summed E-state index contributed by atoms with van der Waals surface area (Å²) in [4.78, 5) is 29.0. The number of hydrogen-bond donors (Lipinski definition) is 1. The molecule has 2 heterocycles. The summed E-state index contributed by atoms with van der Waals surface area (Å²) in [5, 5.41) is 3.37. The lowest BCUT2D eigenvalue weighted by atomic mass is 10.0. The van der Waals surface area contributed by atoms with Crippen molar-refractivity contribution in [3.05, 3.63) is 75.8 Å². The third-order valence-electron chi connectivity index (χ3n) is 4.23. The van der Waals surface area contributed by atoms with Gasteiger partial charge in [0, 0.05) is 6.20 Å².